The number of rotatable bonds is 8. The molecule has 2 aliphatic heterocycles. The molecule has 0 aromatic carbocycles. The smallest absolute Gasteiger partial charge is 0.309 e. The summed E-state index contributed by atoms with van der Waals surface area (Å²) in [5.74, 6) is -1.98. The number of hydrogen-bond acceptors (Lipinski definition) is 6. The average molecular weight is 433 g/mol. The van der Waals surface area contributed by atoms with E-state index in [2.05, 4.69) is 14.8 Å². The second-order valence-electron chi connectivity index (χ2n) is 8.74. The Morgan fingerprint density at radius 2 is 1.65 bits per heavy atom. The lowest BCUT2D eigenvalue weighted by Gasteiger charge is -2.41. The topological polar surface area (TPSA) is 114 Å². The van der Waals surface area contributed by atoms with E-state index < -0.39 is 17.4 Å². The molecule has 1 amide bonds. The number of pyridine rings is 1. The molecule has 9 heteroatoms. The normalized spacial score (nSPS) is 20.3. The van der Waals surface area contributed by atoms with Crippen LogP contribution >= 0.6 is 0 Å². The van der Waals surface area contributed by atoms with Gasteiger partial charge in [-0.25, -0.2) is 0 Å². The van der Waals surface area contributed by atoms with E-state index >= 15 is 0 Å². The summed E-state index contributed by atoms with van der Waals surface area (Å²) >= 11 is 0. The molecular formula is C22H32N4O5. The van der Waals surface area contributed by atoms with Crippen molar-refractivity contribution in [2.45, 2.75) is 32.6 Å². The van der Waals surface area contributed by atoms with Crippen LogP contribution in [0, 0.1) is 11.3 Å². The predicted octanol–water partition coefficient (Wildman–Crippen LogP) is 1.40. The van der Waals surface area contributed by atoms with Gasteiger partial charge in [0, 0.05) is 63.8 Å². The number of carboxylic acids is 2. The van der Waals surface area contributed by atoms with Gasteiger partial charge in [0.05, 0.1) is 12.0 Å². The molecule has 1 aromatic heterocycles. The minimum absolute atomic E-state index is 0.0818. The molecule has 2 aliphatic rings. The van der Waals surface area contributed by atoms with Crippen molar-refractivity contribution in [3.63, 3.8) is 0 Å². The fraction of sp³-hybridized carbons (Fsp3) is 0.636. The fourth-order valence-electron chi connectivity index (χ4n) is 4.63. The Kier molecular flexibility index (Phi) is 7.48. The molecule has 3 rings (SSSR count). The van der Waals surface area contributed by atoms with Crippen molar-refractivity contribution in [2.75, 3.05) is 50.7 Å². The van der Waals surface area contributed by atoms with Gasteiger partial charge in [-0.3, -0.25) is 24.3 Å². The molecule has 0 saturated carbocycles. The van der Waals surface area contributed by atoms with Crippen molar-refractivity contribution in [1.29, 1.82) is 0 Å². The van der Waals surface area contributed by atoms with Crippen LogP contribution in [0.5, 0.6) is 0 Å². The summed E-state index contributed by atoms with van der Waals surface area (Å²) in [6.07, 6.45) is 4.69. The van der Waals surface area contributed by atoms with Crippen molar-refractivity contribution in [3.8, 4) is 0 Å². The average Bonchev–Trinajstić information content (AvgIpc) is 2.78. The van der Waals surface area contributed by atoms with E-state index in [1.807, 2.05) is 17.0 Å². The SMILES string of the molecule is CC(CCC(=O)O)(C(=O)O)C1CCN(C(=O)CN2CCN(c3ccncc3)CC2)CC1. The van der Waals surface area contributed by atoms with Crippen LogP contribution in [0.25, 0.3) is 0 Å². The van der Waals surface area contributed by atoms with Crippen molar-refractivity contribution in [2.24, 2.45) is 11.3 Å². The molecule has 170 valence electrons. The maximum atomic E-state index is 12.8. The number of piperidine rings is 1. The highest BCUT2D eigenvalue weighted by Gasteiger charge is 2.43. The Hall–Kier alpha value is -2.68. The number of carbonyl (C=O) groups excluding carboxylic acids is 1. The van der Waals surface area contributed by atoms with Gasteiger partial charge in [-0.1, -0.05) is 0 Å². The van der Waals surface area contributed by atoms with Crippen LogP contribution in [-0.4, -0.2) is 88.7 Å². The minimum atomic E-state index is -1.07. The molecule has 2 fully saturated rings. The maximum absolute atomic E-state index is 12.8. The van der Waals surface area contributed by atoms with E-state index in [0.29, 0.717) is 32.5 Å². The van der Waals surface area contributed by atoms with E-state index in [-0.39, 0.29) is 24.7 Å². The van der Waals surface area contributed by atoms with Crippen LogP contribution in [-0.2, 0) is 14.4 Å². The van der Waals surface area contributed by atoms with Gasteiger partial charge in [0.2, 0.25) is 5.91 Å². The lowest BCUT2D eigenvalue weighted by molar-refractivity contribution is -0.154. The molecule has 1 atom stereocenters. The third kappa shape index (κ3) is 5.72. The first-order chi connectivity index (χ1) is 14.8. The van der Waals surface area contributed by atoms with Crippen LogP contribution in [0.2, 0.25) is 0 Å². The number of amides is 1. The first-order valence-corrected chi connectivity index (χ1v) is 10.9. The van der Waals surface area contributed by atoms with Crippen LogP contribution in [0.3, 0.4) is 0 Å². The van der Waals surface area contributed by atoms with Crippen LogP contribution in [0.1, 0.15) is 32.6 Å². The van der Waals surface area contributed by atoms with E-state index in [1.54, 1.807) is 19.3 Å². The van der Waals surface area contributed by atoms with Crippen LogP contribution in [0.15, 0.2) is 24.5 Å². The fourth-order valence-corrected chi connectivity index (χ4v) is 4.63. The summed E-state index contributed by atoms with van der Waals surface area (Å²) in [5.41, 5.74) is 0.0732. The molecule has 0 bridgehead atoms. The van der Waals surface area contributed by atoms with Crippen LogP contribution in [0.4, 0.5) is 5.69 Å². The van der Waals surface area contributed by atoms with Gasteiger partial charge in [0.1, 0.15) is 0 Å². The zero-order valence-electron chi connectivity index (χ0n) is 18.1. The molecule has 3 heterocycles. The van der Waals surface area contributed by atoms with E-state index in [4.69, 9.17) is 5.11 Å². The Balaban J connectivity index is 1.46. The Bertz CT molecular complexity index is 773. The zero-order valence-corrected chi connectivity index (χ0v) is 18.1. The highest BCUT2D eigenvalue weighted by atomic mass is 16.4. The van der Waals surface area contributed by atoms with Gasteiger partial charge < -0.3 is 20.0 Å². The number of carboxylic acid groups (broad SMARTS) is 2. The maximum Gasteiger partial charge on any atom is 0.309 e. The Morgan fingerprint density at radius 1 is 1.03 bits per heavy atom. The van der Waals surface area contributed by atoms with Gasteiger partial charge in [0.15, 0.2) is 0 Å². The second-order valence-corrected chi connectivity index (χ2v) is 8.74. The standard InChI is InChI=1S/C22H32N4O5/c1-22(21(30)31,7-2-20(28)29)17-5-10-26(11-6-17)19(27)16-24-12-14-25(15-13-24)18-3-8-23-9-4-18/h3-4,8-9,17H,2,5-7,10-16H2,1H3,(H,28,29)(H,30,31). The summed E-state index contributed by atoms with van der Waals surface area (Å²) in [6.45, 7) is 6.42. The van der Waals surface area contributed by atoms with E-state index in [0.717, 1.165) is 31.9 Å². The summed E-state index contributed by atoms with van der Waals surface area (Å²) in [6, 6.07) is 3.98. The highest BCUT2D eigenvalue weighted by molar-refractivity contribution is 5.79. The first kappa shape index (κ1) is 23.0. The van der Waals surface area contributed by atoms with Gasteiger partial charge in [0.25, 0.3) is 0 Å². The quantitative estimate of drug-likeness (QED) is 0.634. The molecule has 31 heavy (non-hydrogen) atoms. The van der Waals surface area contributed by atoms with E-state index in [9.17, 15) is 19.5 Å². The van der Waals surface area contributed by atoms with Crippen molar-refractivity contribution in [3.05, 3.63) is 24.5 Å². The molecular weight excluding hydrogens is 400 g/mol. The number of likely N-dealkylation sites (tertiary alicyclic amines) is 1. The molecule has 0 aliphatic carbocycles. The highest BCUT2D eigenvalue weighted by Crippen LogP contribution is 2.39. The molecule has 2 N–H and O–H groups in total. The number of anilines is 1. The largest absolute Gasteiger partial charge is 0.481 e. The first-order valence-electron chi connectivity index (χ1n) is 10.9. The summed E-state index contributed by atoms with van der Waals surface area (Å²) in [5, 5.41) is 18.7. The van der Waals surface area contributed by atoms with Gasteiger partial charge in [-0.15, -0.1) is 0 Å². The summed E-state index contributed by atoms with van der Waals surface area (Å²) < 4.78 is 0. The van der Waals surface area contributed by atoms with E-state index in [1.165, 1.54) is 0 Å². The lowest BCUT2D eigenvalue weighted by atomic mass is 9.69. The van der Waals surface area contributed by atoms with Gasteiger partial charge >= 0.3 is 11.9 Å². The molecule has 0 radical (unpaired) electrons. The molecule has 9 nitrogen and oxygen atoms in total. The number of aliphatic carboxylic acids is 2. The predicted molar refractivity (Wildman–Crippen MR) is 115 cm³/mol. The second kappa shape index (κ2) is 10.1. The minimum Gasteiger partial charge on any atom is -0.481 e. The lowest BCUT2D eigenvalue weighted by Crippen LogP contribution is -2.52. The van der Waals surface area contributed by atoms with Gasteiger partial charge in [-0.05, 0) is 44.2 Å². The monoisotopic (exact) mass is 432 g/mol. The molecule has 2 saturated heterocycles. The van der Waals surface area contributed by atoms with Crippen molar-refractivity contribution in [1.82, 2.24) is 14.8 Å². The molecule has 1 unspecified atom stereocenters. The summed E-state index contributed by atoms with van der Waals surface area (Å²) in [7, 11) is 0. The van der Waals surface area contributed by atoms with Crippen molar-refractivity contribution >= 4 is 23.5 Å². The third-order valence-electron chi connectivity index (χ3n) is 6.85. The third-order valence-corrected chi connectivity index (χ3v) is 6.85. The number of piperazine rings is 1. The van der Waals surface area contributed by atoms with Crippen LogP contribution < -0.4 is 4.90 Å². The van der Waals surface area contributed by atoms with Crippen molar-refractivity contribution < 1.29 is 24.6 Å². The Labute approximate surface area is 182 Å². The number of nitrogens with zero attached hydrogens (tertiary/aromatic N) is 4. The Morgan fingerprint density at radius 3 is 2.19 bits per heavy atom. The number of aromatic nitrogens is 1. The molecule has 0 spiro atoms. The number of hydrogen-bond donors (Lipinski definition) is 2. The summed E-state index contributed by atoms with van der Waals surface area (Å²) in [4.78, 5) is 45.9. The van der Waals surface area contributed by atoms with Gasteiger partial charge in [-0.2, -0.15) is 0 Å². The zero-order chi connectivity index (χ0) is 22.4. The number of carbonyl (C=O) groups is 3. The molecule has 1 aromatic rings.